The summed E-state index contributed by atoms with van der Waals surface area (Å²) in [7, 11) is 0. The van der Waals surface area contributed by atoms with Gasteiger partial charge in [-0.3, -0.25) is 4.79 Å². The molecular formula is C18H13N7O. The van der Waals surface area contributed by atoms with E-state index in [-0.39, 0.29) is 12.3 Å². The van der Waals surface area contributed by atoms with Gasteiger partial charge in [0.15, 0.2) is 5.78 Å². The van der Waals surface area contributed by atoms with Gasteiger partial charge in [0, 0.05) is 34.9 Å². The number of rotatable bonds is 4. The monoisotopic (exact) mass is 343 g/mol. The first-order chi connectivity index (χ1) is 12.8. The quantitative estimate of drug-likeness (QED) is 0.488. The first-order valence-electron chi connectivity index (χ1n) is 8.07. The zero-order valence-corrected chi connectivity index (χ0v) is 13.5. The van der Waals surface area contributed by atoms with Crippen LogP contribution in [0.1, 0.15) is 10.4 Å². The molecule has 0 aromatic carbocycles. The largest absolute Gasteiger partial charge is 0.345 e. The van der Waals surface area contributed by atoms with Gasteiger partial charge in [0.2, 0.25) is 0 Å². The molecule has 8 heteroatoms. The normalized spacial score (nSPS) is 11.4. The van der Waals surface area contributed by atoms with Crippen molar-refractivity contribution in [1.82, 2.24) is 34.9 Å². The number of ketones is 1. The first kappa shape index (κ1) is 14.5. The van der Waals surface area contributed by atoms with Gasteiger partial charge >= 0.3 is 0 Å². The Balaban J connectivity index is 1.50. The molecule has 0 saturated carbocycles. The van der Waals surface area contributed by atoms with Crippen LogP contribution in [0.5, 0.6) is 0 Å². The number of hydrogen-bond donors (Lipinski definition) is 2. The van der Waals surface area contributed by atoms with Crippen molar-refractivity contribution in [2.45, 2.75) is 6.54 Å². The highest BCUT2D eigenvalue weighted by Crippen LogP contribution is 2.23. The molecule has 0 aliphatic heterocycles. The Morgan fingerprint density at radius 1 is 1.12 bits per heavy atom. The molecule has 5 heterocycles. The zero-order valence-electron chi connectivity index (χ0n) is 13.5. The van der Waals surface area contributed by atoms with Crippen LogP contribution in [0.4, 0.5) is 0 Å². The predicted octanol–water partition coefficient (Wildman–Crippen LogP) is 2.58. The number of carbonyl (C=O) groups excluding carboxylic acids is 1. The van der Waals surface area contributed by atoms with E-state index in [4.69, 9.17) is 0 Å². The lowest BCUT2D eigenvalue weighted by Crippen LogP contribution is -2.12. The van der Waals surface area contributed by atoms with Gasteiger partial charge in [-0.15, -0.1) is 5.10 Å². The molecular weight excluding hydrogens is 330 g/mol. The standard InChI is InChI=1S/C18H13N7O/c26-16(13-8-21-18-12(13)4-2-6-20-18)10-25-15(9-22-24-25)14-7-11-3-1-5-19-17(11)23-14/h1-9H,10H2,(H,19,23)(H,20,21). The molecule has 0 aliphatic carbocycles. The molecule has 2 N–H and O–H groups in total. The van der Waals surface area contributed by atoms with Gasteiger partial charge < -0.3 is 9.97 Å². The molecule has 5 aromatic heterocycles. The Kier molecular flexibility index (Phi) is 3.14. The summed E-state index contributed by atoms with van der Waals surface area (Å²) >= 11 is 0. The number of carbonyl (C=O) groups is 1. The second-order valence-corrected chi connectivity index (χ2v) is 5.93. The van der Waals surface area contributed by atoms with Crippen molar-refractivity contribution in [3.8, 4) is 11.4 Å². The van der Waals surface area contributed by atoms with Crippen LogP contribution in [0.25, 0.3) is 33.5 Å². The van der Waals surface area contributed by atoms with Gasteiger partial charge in [-0.25, -0.2) is 14.6 Å². The van der Waals surface area contributed by atoms with Crippen LogP contribution in [-0.2, 0) is 6.54 Å². The van der Waals surface area contributed by atoms with Crippen LogP contribution >= 0.6 is 0 Å². The fourth-order valence-electron chi connectivity index (χ4n) is 3.09. The van der Waals surface area contributed by atoms with E-state index in [2.05, 4.69) is 30.2 Å². The number of hydrogen-bond acceptors (Lipinski definition) is 5. The number of fused-ring (bicyclic) bond motifs is 2. The minimum absolute atomic E-state index is 0.0646. The fraction of sp³-hybridized carbons (Fsp3) is 0.0556. The van der Waals surface area contributed by atoms with Crippen LogP contribution < -0.4 is 0 Å². The summed E-state index contributed by atoms with van der Waals surface area (Å²) in [5.74, 6) is -0.0646. The molecule has 26 heavy (non-hydrogen) atoms. The van der Waals surface area contributed by atoms with Crippen molar-refractivity contribution < 1.29 is 4.79 Å². The molecule has 0 aliphatic rings. The summed E-state index contributed by atoms with van der Waals surface area (Å²) in [6.07, 6.45) is 6.73. The van der Waals surface area contributed by atoms with Crippen LogP contribution in [0, 0.1) is 0 Å². The van der Waals surface area contributed by atoms with Crippen molar-refractivity contribution in [1.29, 1.82) is 0 Å². The molecule has 0 bridgehead atoms. The number of nitrogens with one attached hydrogen (secondary N) is 2. The molecule has 0 unspecified atom stereocenters. The number of Topliss-reactive ketones (excluding diaryl/α,β-unsaturated/α-hetero) is 1. The lowest BCUT2D eigenvalue weighted by molar-refractivity contribution is 0.0969. The summed E-state index contributed by atoms with van der Waals surface area (Å²) in [4.78, 5) is 27.6. The van der Waals surface area contributed by atoms with Crippen molar-refractivity contribution in [3.63, 3.8) is 0 Å². The third kappa shape index (κ3) is 2.27. The van der Waals surface area contributed by atoms with E-state index in [1.54, 1.807) is 29.5 Å². The van der Waals surface area contributed by atoms with Crippen molar-refractivity contribution >= 4 is 27.9 Å². The Hall–Kier alpha value is -3.81. The van der Waals surface area contributed by atoms with Crippen LogP contribution in [0.15, 0.2) is 55.1 Å². The second kappa shape index (κ2) is 5.62. The maximum atomic E-state index is 12.8. The smallest absolute Gasteiger partial charge is 0.186 e. The molecule has 5 rings (SSSR count). The van der Waals surface area contributed by atoms with E-state index in [9.17, 15) is 4.79 Å². The predicted molar refractivity (Wildman–Crippen MR) is 95.5 cm³/mol. The Bertz CT molecular complexity index is 1210. The maximum absolute atomic E-state index is 12.8. The van der Waals surface area contributed by atoms with Crippen molar-refractivity contribution in [2.24, 2.45) is 0 Å². The molecule has 0 fully saturated rings. The number of nitrogens with zero attached hydrogens (tertiary/aromatic N) is 5. The van der Waals surface area contributed by atoms with Crippen LogP contribution in [0.2, 0.25) is 0 Å². The molecule has 126 valence electrons. The zero-order chi connectivity index (χ0) is 17.5. The summed E-state index contributed by atoms with van der Waals surface area (Å²) < 4.78 is 1.59. The van der Waals surface area contributed by atoms with Crippen LogP contribution in [0.3, 0.4) is 0 Å². The van der Waals surface area contributed by atoms with Crippen molar-refractivity contribution in [2.75, 3.05) is 0 Å². The summed E-state index contributed by atoms with van der Waals surface area (Å²) in [6, 6.07) is 9.51. The van der Waals surface area contributed by atoms with E-state index in [0.717, 1.165) is 27.8 Å². The number of H-pyrrole nitrogens is 2. The molecule has 5 aromatic rings. The highest BCUT2D eigenvalue weighted by atomic mass is 16.1. The van der Waals surface area contributed by atoms with E-state index in [1.165, 1.54) is 0 Å². The van der Waals surface area contributed by atoms with E-state index in [1.807, 2.05) is 30.3 Å². The van der Waals surface area contributed by atoms with Gasteiger partial charge in [0.05, 0.1) is 11.9 Å². The van der Waals surface area contributed by atoms with Gasteiger partial charge in [0.25, 0.3) is 0 Å². The molecule has 0 amide bonds. The molecule has 0 spiro atoms. The number of aromatic nitrogens is 7. The summed E-state index contributed by atoms with van der Waals surface area (Å²) in [5.41, 5.74) is 3.61. The highest BCUT2D eigenvalue weighted by Gasteiger charge is 2.17. The third-order valence-electron chi connectivity index (χ3n) is 4.33. The Morgan fingerprint density at radius 2 is 1.96 bits per heavy atom. The van der Waals surface area contributed by atoms with E-state index < -0.39 is 0 Å². The first-order valence-corrected chi connectivity index (χ1v) is 8.07. The average molecular weight is 343 g/mol. The minimum Gasteiger partial charge on any atom is -0.345 e. The van der Waals surface area contributed by atoms with Gasteiger partial charge in [-0.2, -0.15) is 0 Å². The minimum atomic E-state index is -0.0646. The second-order valence-electron chi connectivity index (χ2n) is 5.93. The molecule has 0 atom stereocenters. The summed E-state index contributed by atoms with van der Waals surface area (Å²) in [5, 5.41) is 9.83. The fourth-order valence-corrected chi connectivity index (χ4v) is 3.09. The number of aromatic amines is 2. The molecule has 8 nitrogen and oxygen atoms in total. The van der Waals surface area contributed by atoms with Gasteiger partial charge in [0.1, 0.15) is 23.5 Å². The topological polar surface area (TPSA) is 105 Å². The molecule has 0 saturated heterocycles. The lowest BCUT2D eigenvalue weighted by Gasteiger charge is -2.04. The third-order valence-corrected chi connectivity index (χ3v) is 4.33. The maximum Gasteiger partial charge on any atom is 0.186 e. The van der Waals surface area contributed by atoms with Gasteiger partial charge in [-0.05, 0) is 30.3 Å². The molecule has 0 radical (unpaired) electrons. The van der Waals surface area contributed by atoms with Crippen molar-refractivity contribution in [3.05, 3.63) is 60.7 Å². The Labute approximate surface area is 146 Å². The van der Waals surface area contributed by atoms with E-state index in [0.29, 0.717) is 11.2 Å². The van der Waals surface area contributed by atoms with Crippen LogP contribution in [-0.4, -0.2) is 40.7 Å². The van der Waals surface area contributed by atoms with E-state index >= 15 is 0 Å². The average Bonchev–Trinajstić information content (AvgIpc) is 3.38. The highest BCUT2D eigenvalue weighted by molar-refractivity contribution is 6.07. The Morgan fingerprint density at radius 3 is 2.85 bits per heavy atom. The summed E-state index contributed by atoms with van der Waals surface area (Å²) in [6.45, 7) is 0.0833. The lowest BCUT2D eigenvalue weighted by atomic mass is 10.1. The van der Waals surface area contributed by atoms with Gasteiger partial charge in [-0.1, -0.05) is 5.21 Å². The SMILES string of the molecule is O=C(Cn1nncc1-c1cc2cccnc2[nH]1)c1c[nH]c2ncccc12. The number of pyridine rings is 2.